The molecule has 2 bridgehead atoms. The van der Waals surface area contributed by atoms with Crippen molar-refractivity contribution >= 4 is 38.2 Å². The number of nitrogens with one attached hydrogen (secondary N) is 1. The van der Waals surface area contributed by atoms with Crippen molar-refractivity contribution in [2.24, 2.45) is 10.8 Å². The SMILES string of the molecule is CC(C)N1CCc2c(sc(NC(=O)c3ccc(S(=O)(=O)N4CC5(C)CC4CC(C)(C)C5)cc3)c2C(=O)N2CCOCC2)C1. The molecular formula is C32H44N4O5S2. The van der Waals surface area contributed by atoms with E-state index in [4.69, 9.17) is 4.74 Å². The molecule has 2 saturated heterocycles. The number of thiophene rings is 1. The molecule has 43 heavy (non-hydrogen) atoms. The van der Waals surface area contributed by atoms with Gasteiger partial charge in [-0.2, -0.15) is 4.31 Å². The lowest BCUT2D eigenvalue weighted by atomic mass is 9.65. The van der Waals surface area contributed by atoms with Gasteiger partial charge in [-0.15, -0.1) is 11.3 Å². The number of morpholine rings is 1. The molecule has 4 heterocycles. The van der Waals surface area contributed by atoms with Crippen molar-refractivity contribution in [3.8, 4) is 0 Å². The number of amides is 2. The van der Waals surface area contributed by atoms with Gasteiger partial charge in [0.15, 0.2) is 0 Å². The number of carbonyl (C=O) groups excluding carboxylic acids is 2. The van der Waals surface area contributed by atoms with Crippen LogP contribution in [-0.2, 0) is 27.7 Å². The molecule has 2 aromatic rings. The monoisotopic (exact) mass is 628 g/mol. The molecule has 6 rings (SSSR count). The molecule has 3 aliphatic heterocycles. The number of benzene rings is 1. The summed E-state index contributed by atoms with van der Waals surface area (Å²) >= 11 is 1.48. The molecule has 1 aromatic heterocycles. The van der Waals surface area contributed by atoms with E-state index in [0.717, 1.165) is 49.2 Å². The van der Waals surface area contributed by atoms with E-state index < -0.39 is 10.0 Å². The fourth-order valence-corrected chi connectivity index (χ4v) is 10.9. The summed E-state index contributed by atoms with van der Waals surface area (Å²) in [6.45, 7) is 15.2. The summed E-state index contributed by atoms with van der Waals surface area (Å²) in [4.78, 5) is 32.8. The third-order valence-electron chi connectivity index (χ3n) is 9.65. The van der Waals surface area contributed by atoms with E-state index in [1.54, 1.807) is 28.6 Å². The molecule has 0 radical (unpaired) electrons. The van der Waals surface area contributed by atoms with Crippen LogP contribution in [0.3, 0.4) is 0 Å². The highest BCUT2D eigenvalue weighted by Crippen LogP contribution is 2.53. The van der Waals surface area contributed by atoms with E-state index >= 15 is 0 Å². The van der Waals surface area contributed by atoms with Crippen LogP contribution in [0.15, 0.2) is 29.2 Å². The average Bonchev–Trinajstić information content (AvgIpc) is 3.45. The quantitative estimate of drug-likeness (QED) is 0.492. The van der Waals surface area contributed by atoms with Gasteiger partial charge in [-0.25, -0.2) is 8.42 Å². The topological polar surface area (TPSA) is 99.3 Å². The number of ether oxygens (including phenoxy) is 1. The summed E-state index contributed by atoms with van der Waals surface area (Å²) in [6.07, 6.45) is 3.51. The van der Waals surface area contributed by atoms with Crippen LogP contribution in [0, 0.1) is 10.8 Å². The highest BCUT2D eigenvalue weighted by Gasteiger charge is 2.53. The molecule has 1 N–H and O–H groups in total. The Morgan fingerprint density at radius 3 is 2.42 bits per heavy atom. The zero-order valence-corrected chi connectivity index (χ0v) is 27.6. The number of fused-ring (bicyclic) bond motifs is 3. The number of nitrogens with zero attached hydrogens (tertiary/aromatic N) is 3. The number of hydrogen-bond acceptors (Lipinski definition) is 7. The van der Waals surface area contributed by atoms with Gasteiger partial charge in [0.1, 0.15) is 5.00 Å². The fraction of sp³-hybridized carbons (Fsp3) is 0.625. The molecule has 0 spiro atoms. The van der Waals surface area contributed by atoms with Crippen molar-refractivity contribution in [1.29, 1.82) is 0 Å². The van der Waals surface area contributed by atoms with Gasteiger partial charge in [-0.3, -0.25) is 14.5 Å². The molecule has 2 unspecified atom stereocenters. The number of rotatable bonds is 6. The minimum atomic E-state index is -3.69. The average molecular weight is 629 g/mol. The molecule has 3 fully saturated rings. The molecule has 9 nitrogen and oxygen atoms in total. The van der Waals surface area contributed by atoms with Crippen molar-refractivity contribution in [1.82, 2.24) is 14.1 Å². The summed E-state index contributed by atoms with van der Waals surface area (Å²) in [7, 11) is -3.69. The molecule has 2 amide bonds. The van der Waals surface area contributed by atoms with Gasteiger partial charge in [-0.05, 0) is 80.2 Å². The summed E-state index contributed by atoms with van der Waals surface area (Å²) in [5.41, 5.74) is 2.08. The zero-order chi connectivity index (χ0) is 30.7. The molecule has 1 saturated carbocycles. The Morgan fingerprint density at radius 2 is 1.74 bits per heavy atom. The first kappa shape index (κ1) is 30.7. The Bertz CT molecular complexity index is 1510. The van der Waals surface area contributed by atoms with Gasteiger partial charge in [0.2, 0.25) is 10.0 Å². The van der Waals surface area contributed by atoms with E-state index in [1.807, 2.05) is 4.90 Å². The summed E-state index contributed by atoms with van der Waals surface area (Å²) in [5, 5.41) is 3.59. The minimum absolute atomic E-state index is 0.000584. The Morgan fingerprint density at radius 1 is 1.05 bits per heavy atom. The van der Waals surface area contributed by atoms with Crippen LogP contribution in [0.25, 0.3) is 0 Å². The number of carbonyl (C=O) groups is 2. The summed E-state index contributed by atoms with van der Waals surface area (Å²) in [5.74, 6) is -0.422. The minimum Gasteiger partial charge on any atom is -0.378 e. The first-order valence-corrected chi connectivity index (χ1v) is 17.7. The lowest BCUT2D eigenvalue weighted by Crippen LogP contribution is -2.41. The van der Waals surface area contributed by atoms with Crippen molar-refractivity contribution in [3.63, 3.8) is 0 Å². The van der Waals surface area contributed by atoms with Gasteiger partial charge >= 0.3 is 0 Å². The molecule has 2 atom stereocenters. The third-order valence-corrected chi connectivity index (χ3v) is 12.7. The van der Waals surface area contributed by atoms with Gasteiger partial charge in [0, 0.05) is 55.2 Å². The Hall–Kier alpha value is -2.31. The molecule has 234 valence electrons. The number of hydrogen-bond donors (Lipinski definition) is 1. The van der Waals surface area contributed by atoms with Crippen molar-refractivity contribution in [2.45, 2.75) is 83.8 Å². The highest BCUT2D eigenvalue weighted by atomic mass is 32.2. The highest BCUT2D eigenvalue weighted by molar-refractivity contribution is 7.89. The van der Waals surface area contributed by atoms with E-state index in [-0.39, 0.29) is 33.6 Å². The Kier molecular flexibility index (Phi) is 8.03. The Balaban J connectivity index is 1.23. The second-order valence-corrected chi connectivity index (χ2v) is 17.2. The Labute approximate surface area is 259 Å². The van der Waals surface area contributed by atoms with Crippen LogP contribution >= 0.6 is 11.3 Å². The molecule has 1 aromatic carbocycles. The van der Waals surface area contributed by atoms with Crippen LogP contribution in [0.4, 0.5) is 5.00 Å². The summed E-state index contributed by atoms with van der Waals surface area (Å²) < 4.78 is 34.6. The standard InChI is InChI=1S/C32H44N4O5S2/c1-21(2)35-11-10-25-26(18-35)42-29(27(25)30(38)34-12-14-41-15-13-34)33-28(37)22-6-8-24(9-7-22)43(39,40)36-20-32(5)17-23(36)16-31(3,4)19-32/h6-9,21,23H,10-20H2,1-5H3,(H,33,37). The number of sulfonamides is 1. The smallest absolute Gasteiger partial charge is 0.257 e. The van der Waals surface area contributed by atoms with Crippen molar-refractivity contribution < 1.29 is 22.7 Å². The first-order valence-electron chi connectivity index (χ1n) is 15.5. The third kappa shape index (κ3) is 5.91. The van der Waals surface area contributed by atoms with Gasteiger partial charge in [-0.1, -0.05) is 20.8 Å². The van der Waals surface area contributed by atoms with E-state index in [1.165, 1.54) is 11.3 Å². The van der Waals surface area contributed by atoms with E-state index in [9.17, 15) is 18.0 Å². The van der Waals surface area contributed by atoms with E-state index in [2.05, 4.69) is 44.8 Å². The molecule has 1 aliphatic carbocycles. The second kappa shape index (κ2) is 11.2. The first-order chi connectivity index (χ1) is 20.3. The van der Waals surface area contributed by atoms with Crippen molar-refractivity contribution in [3.05, 3.63) is 45.8 Å². The van der Waals surface area contributed by atoms with Crippen LogP contribution in [0.2, 0.25) is 0 Å². The normalized spacial score (nSPS) is 26.0. The molecule has 11 heteroatoms. The second-order valence-electron chi connectivity index (χ2n) is 14.2. The van der Waals surface area contributed by atoms with Crippen LogP contribution < -0.4 is 5.32 Å². The zero-order valence-electron chi connectivity index (χ0n) is 25.9. The number of anilines is 1. The van der Waals surface area contributed by atoms with Crippen LogP contribution in [0.5, 0.6) is 0 Å². The maximum absolute atomic E-state index is 13.8. The van der Waals surface area contributed by atoms with Crippen molar-refractivity contribution in [2.75, 3.05) is 44.7 Å². The lowest BCUT2D eigenvalue weighted by molar-refractivity contribution is 0.0302. The van der Waals surface area contributed by atoms with Crippen LogP contribution in [0.1, 0.15) is 85.0 Å². The van der Waals surface area contributed by atoms with Gasteiger partial charge in [0.25, 0.3) is 11.8 Å². The van der Waals surface area contributed by atoms with Crippen LogP contribution in [-0.4, -0.2) is 85.8 Å². The maximum atomic E-state index is 13.8. The predicted molar refractivity (Wildman–Crippen MR) is 168 cm³/mol. The maximum Gasteiger partial charge on any atom is 0.257 e. The van der Waals surface area contributed by atoms with Gasteiger partial charge in [0.05, 0.1) is 23.7 Å². The van der Waals surface area contributed by atoms with Gasteiger partial charge < -0.3 is 15.0 Å². The largest absolute Gasteiger partial charge is 0.378 e. The predicted octanol–water partition coefficient (Wildman–Crippen LogP) is 4.83. The molecule has 4 aliphatic rings. The lowest BCUT2D eigenvalue weighted by Gasteiger charge is -2.39. The summed E-state index contributed by atoms with van der Waals surface area (Å²) in [6, 6.07) is 6.62. The molecular weight excluding hydrogens is 585 g/mol. The van der Waals surface area contributed by atoms with E-state index in [0.29, 0.717) is 55.0 Å². The fourth-order valence-electron chi connectivity index (χ4n) is 7.88.